The molecule has 14 heavy (non-hydrogen) atoms. The first-order valence-corrected chi connectivity index (χ1v) is 5.15. The monoisotopic (exact) mass is 205 g/mol. The minimum Gasteiger partial charge on any atom is -0.197 e. The van der Waals surface area contributed by atoms with Gasteiger partial charge in [0.2, 0.25) is 0 Å². The van der Waals surface area contributed by atoms with Crippen LogP contribution in [0.25, 0.3) is 0 Å². The number of aryl methyl sites for hydroxylation is 2. The molecule has 0 spiro atoms. The lowest BCUT2D eigenvalue weighted by Gasteiger charge is -2.10. The number of hydrogen-bond donors (Lipinski definition) is 0. The third-order valence-electron chi connectivity index (χ3n) is 2.95. The Bertz CT molecular complexity index is 401. The van der Waals surface area contributed by atoms with Crippen LogP contribution in [0.2, 0.25) is 5.02 Å². The molecule has 0 atom stereocenters. The molecular formula is C12H12ClN. The molecule has 1 nitrogen and oxygen atoms in total. The van der Waals surface area contributed by atoms with Crippen LogP contribution >= 0.6 is 11.6 Å². The Morgan fingerprint density at radius 2 is 1.79 bits per heavy atom. The average molecular weight is 206 g/mol. The molecule has 0 unspecified atom stereocenters. The highest BCUT2D eigenvalue weighted by atomic mass is 35.5. The summed E-state index contributed by atoms with van der Waals surface area (Å²) in [6.45, 7) is 3.98. The van der Waals surface area contributed by atoms with E-state index in [1.165, 1.54) is 0 Å². The predicted octanol–water partition coefficient (Wildman–Crippen LogP) is 3.51. The maximum Gasteiger partial charge on any atom is 0.0824 e. The van der Waals surface area contributed by atoms with Crippen molar-refractivity contribution in [3.8, 4) is 6.07 Å². The molecule has 0 heterocycles. The fourth-order valence-corrected chi connectivity index (χ4v) is 1.92. The summed E-state index contributed by atoms with van der Waals surface area (Å²) < 4.78 is 0. The van der Waals surface area contributed by atoms with Crippen molar-refractivity contribution in [3.63, 3.8) is 0 Å². The van der Waals surface area contributed by atoms with Crippen molar-refractivity contribution in [2.45, 2.75) is 32.1 Å². The molecule has 72 valence electrons. The van der Waals surface area contributed by atoms with Gasteiger partial charge in [-0.2, -0.15) is 5.26 Å². The maximum atomic E-state index is 9.08. The van der Waals surface area contributed by atoms with Gasteiger partial charge in [-0.25, -0.2) is 0 Å². The molecule has 0 amide bonds. The number of rotatable bonds is 1. The summed E-state index contributed by atoms with van der Waals surface area (Å²) in [5.41, 5.74) is 3.09. The van der Waals surface area contributed by atoms with E-state index >= 15 is 0 Å². The molecular weight excluding hydrogens is 194 g/mol. The van der Waals surface area contributed by atoms with Crippen molar-refractivity contribution >= 4 is 11.6 Å². The third-order valence-corrected chi connectivity index (χ3v) is 3.55. The van der Waals surface area contributed by atoms with Gasteiger partial charge in [0, 0.05) is 5.02 Å². The molecule has 0 radical (unpaired) electrons. The topological polar surface area (TPSA) is 23.8 Å². The van der Waals surface area contributed by atoms with E-state index in [9.17, 15) is 0 Å². The average Bonchev–Trinajstić information content (AvgIpc) is 2.94. The van der Waals surface area contributed by atoms with Gasteiger partial charge in [0.1, 0.15) is 0 Å². The minimum atomic E-state index is -0.194. The number of hydrogen-bond acceptors (Lipinski definition) is 1. The summed E-state index contributed by atoms with van der Waals surface area (Å²) in [4.78, 5) is 0. The second kappa shape index (κ2) is 3.00. The zero-order chi connectivity index (χ0) is 10.3. The number of benzene rings is 1. The van der Waals surface area contributed by atoms with Gasteiger partial charge in [-0.15, -0.1) is 0 Å². The largest absolute Gasteiger partial charge is 0.197 e. The van der Waals surface area contributed by atoms with E-state index in [0.717, 1.165) is 34.6 Å². The van der Waals surface area contributed by atoms with Crippen LogP contribution in [0.4, 0.5) is 0 Å². The fourth-order valence-electron chi connectivity index (χ4n) is 1.81. The van der Waals surface area contributed by atoms with Crippen LogP contribution in [0.3, 0.4) is 0 Å². The molecule has 0 aromatic heterocycles. The van der Waals surface area contributed by atoms with Crippen LogP contribution < -0.4 is 0 Å². The standard InChI is InChI=1S/C12H12ClN/c1-8-5-10(6-9(2)11(8)13)12(7-14)3-4-12/h5-6H,3-4H2,1-2H3. The van der Waals surface area contributed by atoms with Crippen molar-refractivity contribution in [1.82, 2.24) is 0 Å². The highest BCUT2D eigenvalue weighted by Gasteiger charge is 2.45. The van der Waals surface area contributed by atoms with Crippen molar-refractivity contribution in [2.75, 3.05) is 0 Å². The number of nitrogens with zero attached hydrogens (tertiary/aromatic N) is 1. The molecule has 0 bridgehead atoms. The first-order chi connectivity index (χ1) is 6.59. The van der Waals surface area contributed by atoms with E-state index in [-0.39, 0.29) is 5.41 Å². The van der Waals surface area contributed by atoms with Crippen molar-refractivity contribution in [2.24, 2.45) is 0 Å². The second-order valence-electron chi connectivity index (χ2n) is 4.12. The van der Waals surface area contributed by atoms with Crippen molar-refractivity contribution in [3.05, 3.63) is 33.8 Å². The van der Waals surface area contributed by atoms with E-state index in [1.807, 2.05) is 26.0 Å². The zero-order valence-electron chi connectivity index (χ0n) is 8.39. The molecule has 0 N–H and O–H groups in total. The first kappa shape index (κ1) is 9.55. The summed E-state index contributed by atoms with van der Waals surface area (Å²) in [6.07, 6.45) is 1.98. The lowest BCUT2D eigenvalue weighted by molar-refractivity contribution is 0.903. The Balaban J connectivity index is 2.53. The molecule has 1 aliphatic carbocycles. The van der Waals surface area contributed by atoms with Crippen LogP contribution in [-0.2, 0) is 5.41 Å². The normalized spacial score (nSPS) is 17.6. The molecule has 0 aliphatic heterocycles. The Hall–Kier alpha value is -1.000. The predicted molar refractivity (Wildman–Crippen MR) is 57.5 cm³/mol. The molecule has 0 saturated heterocycles. The van der Waals surface area contributed by atoms with Gasteiger partial charge >= 0.3 is 0 Å². The van der Waals surface area contributed by atoms with Crippen LogP contribution in [0.1, 0.15) is 29.5 Å². The summed E-state index contributed by atoms with van der Waals surface area (Å²) in [5, 5.41) is 9.90. The van der Waals surface area contributed by atoms with Gasteiger partial charge in [-0.1, -0.05) is 23.7 Å². The van der Waals surface area contributed by atoms with Crippen LogP contribution in [0.5, 0.6) is 0 Å². The summed E-state index contributed by atoms with van der Waals surface area (Å²) >= 11 is 6.08. The number of nitriles is 1. The van der Waals surface area contributed by atoms with Gasteiger partial charge in [0.25, 0.3) is 0 Å². The Kier molecular flexibility index (Phi) is 2.05. The van der Waals surface area contributed by atoms with Crippen molar-refractivity contribution in [1.29, 1.82) is 5.26 Å². The number of halogens is 1. The molecule has 2 heteroatoms. The minimum absolute atomic E-state index is 0.194. The Morgan fingerprint density at radius 1 is 1.29 bits per heavy atom. The maximum absolute atomic E-state index is 9.08. The van der Waals surface area contributed by atoms with Gasteiger partial charge in [0.15, 0.2) is 0 Å². The van der Waals surface area contributed by atoms with Gasteiger partial charge in [0.05, 0.1) is 11.5 Å². The second-order valence-corrected chi connectivity index (χ2v) is 4.50. The third kappa shape index (κ3) is 1.31. The van der Waals surface area contributed by atoms with E-state index in [0.29, 0.717) is 0 Å². The van der Waals surface area contributed by atoms with Crippen LogP contribution in [0.15, 0.2) is 12.1 Å². The van der Waals surface area contributed by atoms with Gasteiger partial charge in [-0.3, -0.25) is 0 Å². The SMILES string of the molecule is Cc1cc(C2(C#N)CC2)cc(C)c1Cl. The fraction of sp³-hybridized carbons (Fsp3) is 0.417. The quantitative estimate of drug-likeness (QED) is 0.688. The van der Waals surface area contributed by atoms with E-state index in [1.54, 1.807) is 0 Å². The Morgan fingerprint density at radius 3 is 2.14 bits per heavy atom. The molecule has 2 rings (SSSR count). The first-order valence-electron chi connectivity index (χ1n) is 4.77. The summed E-state index contributed by atoms with van der Waals surface area (Å²) in [7, 11) is 0. The highest BCUT2D eigenvalue weighted by molar-refractivity contribution is 6.32. The summed E-state index contributed by atoms with van der Waals surface area (Å²) in [6, 6.07) is 6.49. The molecule has 1 saturated carbocycles. The Labute approximate surface area is 89.3 Å². The molecule has 1 aromatic rings. The van der Waals surface area contributed by atoms with Crippen LogP contribution in [-0.4, -0.2) is 0 Å². The smallest absolute Gasteiger partial charge is 0.0824 e. The molecule has 1 aliphatic rings. The highest BCUT2D eigenvalue weighted by Crippen LogP contribution is 2.48. The van der Waals surface area contributed by atoms with E-state index in [2.05, 4.69) is 6.07 Å². The lowest BCUT2D eigenvalue weighted by atomic mass is 9.94. The molecule has 1 aromatic carbocycles. The van der Waals surface area contributed by atoms with Crippen LogP contribution in [0, 0.1) is 25.2 Å². The zero-order valence-corrected chi connectivity index (χ0v) is 9.15. The van der Waals surface area contributed by atoms with E-state index in [4.69, 9.17) is 16.9 Å². The van der Waals surface area contributed by atoms with Gasteiger partial charge in [-0.05, 0) is 43.4 Å². The van der Waals surface area contributed by atoms with Crippen molar-refractivity contribution < 1.29 is 0 Å². The summed E-state index contributed by atoms with van der Waals surface area (Å²) in [5.74, 6) is 0. The molecule has 1 fully saturated rings. The van der Waals surface area contributed by atoms with E-state index < -0.39 is 0 Å². The lowest BCUT2D eigenvalue weighted by Crippen LogP contribution is -2.03. The van der Waals surface area contributed by atoms with Gasteiger partial charge < -0.3 is 0 Å².